The molecule has 3 heteroatoms. The van der Waals surface area contributed by atoms with Crippen LogP contribution in [0.5, 0.6) is 0 Å². The Balaban J connectivity index is 2.28. The molecule has 1 rings (SSSR count). The van der Waals surface area contributed by atoms with Gasteiger partial charge in [-0.05, 0) is 25.7 Å². The van der Waals surface area contributed by atoms with Gasteiger partial charge in [0, 0.05) is 12.5 Å². The summed E-state index contributed by atoms with van der Waals surface area (Å²) in [5.41, 5.74) is 0. The summed E-state index contributed by atoms with van der Waals surface area (Å²) in [4.78, 5) is 11.5. The summed E-state index contributed by atoms with van der Waals surface area (Å²) in [7, 11) is 0. The molecule has 0 aromatic heterocycles. The smallest absolute Gasteiger partial charge is 0.223 e. The van der Waals surface area contributed by atoms with E-state index in [4.69, 9.17) is 0 Å². The third-order valence-electron chi connectivity index (χ3n) is 2.57. The van der Waals surface area contributed by atoms with E-state index < -0.39 is 0 Å². The summed E-state index contributed by atoms with van der Waals surface area (Å²) in [5, 5.41) is 12.2. The fraction of sp³-hybridized carbons (Fsp3) is 0.900. The lowest BCUT2D eigenvalue weighted by molar-refractivity contribution is -0.127. The van der Waals surface area contributed by atoms with E-state index in [9.17, 15) is 9.90 Å². The molecule has 76 valence electrons. The lowest BCUT2D eigenvalue weighted by Gasteiger charge is -2.24. The van der Waals surface area contributed by atoms with Gasteiger partial charge in [0.1, 0.15) is 0 Å². The van der Waals surface area contributed by atoms with Crippen molar-refractivity contribution in [2.45, 2.75) is 45.1 Å². The summed E-state index contributed by atoms with van der Waals surface area (Å²) in [6, 6.07) is 0. The van der Waals surface area contributed by atoms with Crippen LogP contribution < -0.4 is 5.32 Å². The zero-order chi connectivity index (χ0) is 9.68. The molecular weight excluding hydrogens is 166 g/mol. The highest BCUT2D eigenvalue weighted by molar-refractivity contribution is 5.78. The molecule has 2 N–H and O–H groups in total. The van der Waals surface area contributed by atoms with Crippen molar-refractivity contribution in [2.24, 2.45) is 5.92 Å². The monoisotopic (exact) mass is 185 g/mol. The summed E-state index contributed by atoms with van der Waals surface area (Å²) in [6.45, 7) is 2.79. The average molecular weight is 185 g/mol. The Morgan fingerprint density at radius 3 is 2.92 bits per heavy atom. The molecule has 1 aliphatic carbocycles. The Bertz CT molecular complexity index is 170. The first kappa shape index (κ1) is 10.5. The van der Waals surface area contributed by atoms with Crippen molar-refractivity contribution in [2.75, 3.05) is 6.54 Å². The Morgan fingerprint density at radius 2 is 2.31 bits per heavy atom. The maximum absolute atomic E-state index is 11.5. The minimum Gasteiger partial charge on any atom is -0.393 e. The van der Waals surface area contributed by atoms with Crippen molar-refractivity contribution in [3.8, 4) is 0 Å². The Labute approximate surface area is 79.5 Å². The van der Waals surface area contributed by atoms with Crippen LogP contribution in [-0.4, -0.2) is 23.7 Å². The highest BCUT2D eigenvalue weighted by atomic mass is 16.3. The van der Waals surface area contributed by atoms with Crippen LogP contribution in [-0.2, 0) is 4.79 Å². The van der Waals surface area contributed by atoms with Gasteiger partial charge in [0.2, 0.25) is 5.91 Å². The number of nitrogens with one attached hydrogen (secondary N) is 1. The minimum absolute atomic E-state index is 0.0512. The summed E-state index contributed by atoms with van der Waals surface area (Å²) < 4.78 is 0. The second-order valence-corrected chi connectivity index (χ2v) is 3.81. The van der Waals surface area contributed by atoms with Crippen molar-refractivity contribution in [3.63, 3.8) is 0 Å². The standard InChI is InChI=1S/C10H19NO2/c1-2-6-11-10(13)8-4-3-5-9(12)7-8/h8-9,12H,2-7H2,1H3,(H,11,13)/t8-,9?/m1/s1. The van der Waals surface area contributed by atoms with Gasteiger partial charge in [-0.15, -0.1) is 0 Å². The molecule has 0 saturated heterocycles. The number of carbonyl (C=O) groups is 1. The number of aliphatic hydroxyl groups excluding tert-OH is 1. The van der Waals surface area contributed by atoms with Crippen molar-refractivity contribution >= 4 is 5.91 Å². The molecular formula is C10H19NO2. The van der Waals surface area contributed by atoms with Crippen LogP contribution in [0.25, 0.3) is 0 Å². The van der Waals surface area contributed by atoms with E-state index in [0.29, 0.717) is 6.42 Å². The molecule has 1 unspecified atom stereocenters. The number of rotatable bonds is 3. The molecule has 1 saturated carbocycles. The number of aliphatic hydroxyl groups is 1. The predicted molar refractivity (Wildman–Crippen MR) is 51.3 cm³/mol. The molecule has 0 bridgehead atoms. The normalized spacial score (nSPS) is 28.5. The van der Waals surface area contributed by atoms with Crippen molar-refractivity contribution in [1.29, 1.82) is 0 Å². The van der Waals surface area contributed by atoms with Crippen LogP contribution in [0.4, 0.5) is 0 Å². The molecule has 1 amide bonds. The quantitative estimate of drug-likeness (QED) is 0.691. The topological polar surface area (TPSA) is 49.3 Å². The van der Waals surface area contributed by atoms with E-state index in [0.717, 1.165) is 32.2 Å². The second kappa shape index (κ2) is 5.22. The first-order valence-electron chi connectivity index (χ1n) is 5.19. The first-order valence-corrected chi connectivity index (χ1v) is 5.19. The van der Waals surface area contributed by atoms with Gasteiger partial charge in [-0.2, -0.15) is 0 Å². The van der Waals surface area contributed by atoms with E-state index >= 15 is 0 Å². The molecule has 0 aromatic rings. The van der Waals surface area contributed by atoms with E-state index in [1.807, 2.05) is 6.92 Å². The largest absolute Gasteiger partial charge is 0.393 e. The molecule has 1 aliphatic rings. The predicted octanol–water partition coefficient (Wildman–Crippen LogP) is 1.06. The number of carbonyl (C=O) groups excluding carboxylic acids is 1. The fourth-order valence-corrected chi connectivity index (χ4v) is 1.79. The zero-order valence-electron chi connectivity index (χ0n) is 8.25. The van der Waals surface area contributed by atoms with Gasteiger partial charge in [-0.25, -0.2) is 0 Å². The third-order valence-corrected chi connectivity index (χ3v) is 2.57. The Morgan fingerprint density at radius 1 is 1.54 bits per heavy atom. The van der Waals surface area contributed by atoms with E-state index in [1.165, 1.54) is 0 Å². The van der Waals surface area contributed by atoms with Gasteiger partial charge in [-0.1, -0.05) is 13.3 Å². The second-order valence-electron chi connectivity index (χ2n) is 3.81. The molecule has 1 fully saturated rings. The van der Waals surface area contributed by atoms with Crippen LogP contribution in [0.2, 0.25) is 0 Å². The lowest BCUT2D eigenvalue weighted by Crippen LogP contribution is -2.35. The maximum atomic E-state index is 11.5. The van der Waals surface area contributed by atoms with Gasteiger partial charge < -0.3 is 10.4 Å². The van der Waals surface area contributed by atoms with Gasteiger partial charge in [0.15, 0.2) is 0 Å². The van der Waals surface area contributed by atoms with E-state index in [-0.39, 0.29) is 17.9 Å². The fourth-order valence-electron chi connectivity index (χ4n) is 1.79. The zero-order valence-corrected chi connectivity index (χ0v) is 8.25. The molecule has 0 aliphatic heterocycles. The van der Waals surface area contributed by atoms with Crippen molar-refractivity contribution in [1.82, 2.24) is 5.32 Å². The Hall–Kier alpha value is -0.570. The lowest BCUT2D eigenvalue weighted by atomic mass is 9.87. The number of hydrogen-bond donors (Lipinski definition) is 2. The van der Waals surface area contributed by atoms with Crippen LogP contribution in [0.3, 0.4) is 0 Å². The highest BCUT2D eigenvalue weighted by Gasteiger charge is 2.25. The summed E-state index contributed by atoms with van der Waals surface area (Å²) in [5.74, 6) is 0.177. The number of amides is 1. The van der Waals surface area contributed by atoms with E-state index in [2.05, 4.69) is 5.32 Å². The Kier molecular flexibility index (Phi) is 4.22. The van der Waals surface area contributed by atoms with Crippen LogP contribution in [0, 0.1) is 5.92 Å². The van der Waals surface area contributed by atoms with Gasteiger partial charge in [0.25, 0.3) is 0 Å². The molecule has 0 heterocycles. The first-order chi connectivity index (χ1) is 6.24. The average Bonchev–Trinajstić information content (AvgIpc) is 2.14. The van der Waals surface area contributed by atoms with Crippen LogP contribution in [0.15, 0.2) is 0 Å². The van der Waals surface area contributed by atoms with Gasteiger partial charge in [-0.3, -0.25) is 4.79 Å². The summed E-state index contributed by atoms with van der Waals surface area (Å²) in [6.07, 6.45) is 4.14. The van der Waals surface area contributed by atoms with E-state index in [1.54, 1.807) is 0 Å². The SMILES string of the molecule is CCCNC(=O)[C@@H]1CCCC(O)C1. The van der Waals surface area contributed by atoms with Gasteiger partial charge >= 0.3 is 0 Å². The third kappa shape index (κ3) is 3.35. The van der Waals surface area contributed by atoms with Crippen molar-refractivity contribution in [3.05, 3.63) is 0 Å². The minimum atomic E-state index is -0.258. The molecule has 0 radical (unpaired) electrons. The maximum Gasteiger partial charge on any atom is 0.223 e. The van der Waals surface area contributed by atoms with Crippen LogP contribution in [0.1, 0.15) is 39.0 Å². The highest BCUT2D eigenvalue weighted by Crippen LogP contribution is 2.24. The molecule has 0 spiro atoms. The molecule has 3 nitrogen and oxygen atoms in total. The number of hydrogen-bond acceptors (Lipinski definition) is 2. The molecule has 13 heavy (non-hydrogen) atoms. The van der Waals surface area contributed by atoms with Gasteiger partial charge in [0.05, 0.1) is 6.10 Å². The summed E-state index contributed by atoms with van der Waals surface area (Å²) >= 11 is 0. The van der Waals surface area contributed by atoms with Crippen molar-refractivity contribution < 1.29 is 9.90 Å². The van der Waals surface area contributed by atoms with Crippen LogP contribution >= 0.6 is 0 Å². The molecule has 0 aromatic carbocycles. The molecule has 2 atom stereocenters.